The Balaban J connectivity index is 0.00000112. The first-order valence-electron chi connectivity index (χ1n) is 4.37. The first-order chi connectivity index (χ1) is 6.75. The molecule has 0 atom stereocenters. The maximum absolute atomic E-state index is 12.6. The van der Waals surface area contributed by atoms with Gasteiger partial charge in [-0.3, -0.25) is 0 Å². The number of benzene rings is 2. The first-order valence-corrected chi connectivity index (χ1v) is 4.37. The summed E-state index contributed by atoms with van der Waals surface area (Å²) in [6.45, 7) is 0. The van der Waals surface area contributed by atoms with Crippen LogP contribution < -0.4 is 5.46 Å². The number of rotatable bonds is 1. The summed E-state index contributed by atoms with van der Waals surface area (Å²) in [7, 11) is 5.57. The van der Waals surface area contributed by atoms with Gasteiger partial charge in [0.25, 0.3) is 0 Å². The quantitative estimate of drug-likeness (QED) is 0.683. The molecule has 2 rings (SSSR count). The van der Waals surface area contributed by atoms with Crippen molar-refractivity contribution in [1.29, 1.82) is 0 Å². The fourth-order valence-corrected chi connectivity index (χ4v) is 1.32. The van der Waals surface area contributed by atoms with E-state index in [2.05, 4.69) is 0 Å². The van der Waals surface area contributed by atoms with E-state index in [4.69, 9.17) is 7.85 Å². The molecule has 0 fully saturated rings. The average molecular weight is 216 g/mol. The van der Waals surface area contributed by atoms with Crippen LogP contribution in [0, 0.1) is 5.82 Å². The summed E-state index contributed by atoms with van der Waals surface area (Å²) in [6, 6.07) is 13.9. The zero-order valence-corrected chi connectivity index (χ0v) is 8.47. The van der Waals surface area contributed by atoms with Crippen molar-refractivity contribution >= 4 is 13.3 Å². The van der Waals surface area contributed by atoms with Crippen LogP contribution in [0.25, 0.3) is 11.1 Å². The molecule has 2 N–H and O–H groups in total. The summed E-state index contributed by atoms with van der Waals surface area (Å²) >= 11 is 0. The summed E-state index contributed by atoms with van der Waals surface area (Å²) in [5.41, 5.74) is 2.77. The predicted octanol–water partition coefficient (Wildman–Crippen LogP) is 1.93. The van der Waals surface area contributed by atoms with E-state index in [1.54, 1.807) is 12.1 Å². The standard InChI is InChI=1S/C12H8BF.2H2O/c13-11-5-1-9(2-6-11)10-3-7-12(14)8-4-10;;/h1-8H;2*1H2/q+2;;/p-2. The minimum absolute atomic E-state index is 0. The van der Waals surface area contributed by atoms with E-state index in [0.717, 1.165) is 16.6 Å². The van der Waals surface area contributed by atoms with Gasteiger partial charge in [-0.1, -0.05) is 0 Å². The SMILES string of the molecule is [B+2]c1ccc(-c2ccc(F)cc2)cc1.[OH-].[OH-]. The average Bonchev–Trinajstić information content (AvgIpc) is 2.21. The molecule has 0 aliphatic heterocycles. The molecule has 0 saturated heterocycles. The number of hydrogen-bond donors (Lipinski definition) is 0. The fourth-order valence-electron chi connectivity index (χ4n) is 1.32. The first kappa shape index (κ1) is 14.4. The molecule has 2 aromatic carbocycles. The summed E-state index contributed by atoms with van der Waals surface area (Å²) < 4.78 is 12.6. The molecule has 16 heavy (non-hydrogen) atoms. The molecule has 0 bridgehead atoms. The van der Waals surface area contributed by atoms with Crippen molar-refractivity contribution in [2.45, 2.75) is 0 Å². The van der Waals surface area contributed by atoms with Crippen molar-refractivity contribution in [3.8, 4) is 11.1 Å². The number of hydrogen-bond acceptors (Lipinski definition) is 2. The van der Waals surface area contributed by atoms with Crippen LogP contribution in [0.4, 0.5) is 4.39 Å². The van der Waals surface area contributed by atoms with Crippen molar-refractivity contribution < 1.29 is 15.3 Å². The number of halogens is 1. The van der Waals surface area contributed by atoms with Crippen molar-refractivity contribution in [1.82, 2.24) is 0 Å². The van der Waals surface area contributed by atoms with Crippen LogP contribution in [0.1, 0.15) is 0 Å². The van der Waals surface area contributed by atoms with E-state index in [1.807, 2.05) is 24.3 Å². The van der Waals surface area contributed by atoms with Crippen molar-refractivity contribution in [2.24, 2.45) is 0 Å². The van der Waals surface area contributed by atoms with Crippen molar-refractivity contribution in [3.05, 3.63) is 54.3 Å². The Kier molecular flexibility index (Phi) is 5.43. The molecule has 0 saturated carbocycles. The minimum atomic E-state index is -0.218. The van der Waals surface area contributed by atoms with E-state index in [-0.39, 0.29) is 16.8 Å². The van der Waals surface area contributed by atoms with Crippen LogP contribution in [0.15, 0.2) is 48.5 Å². The fraction of sp³-hybridized carbons (Fsp3) is 0. The van der Waals surface area contributed by atoms with E-state index in [0.29, 0.717) is 0 Å². The summed E-state index contributed by atoms with van der Waals surface area (Å²) in [5.74, 6) is -0.218. The Morgan fingerprint density at radius 3 is 1.50 bits per heavy atom. The monoisotopic (exact) mass is 216 g/mol. The van der Waals surface area contributed by atoms with Crippen molar-refractivity contribution in [3.63, 3.8) is 0 Å². The third-order valence-corrected chi connectivity index (χ3v) is 2.09. The van der Waals surface area contributed by atoms with Gasteiger partial charge in [-0.05, 0) is 0 Å². The summed E-state index contributed by atoms with van der Waals surface area (Å²) in [5, 5.41) is 0. The maximum Gasteiger partial charge on any atom is -0.870 e. The zero-order chi connectivity index (χ0) is 9.97. The minimum Gasteiger partial charge on any atom is -0.870 e. The summed E-state index contributed by atoms with van der Waals surface area (Å²) in [6.07, 6.45) is 0. The molecule has 2 aromatic rings. The molecule has 0 amide bonds. The molecular weight excluding hydrogens is 206 g/mol. The van der Waals surface area contributed by atoms with Gasteiger partial charge >= 0.3 is 83.2 Å². The van der Waals surface area contributed by atoms with E-state index >= 15 is 0 Å². The maximum atomic E-state index is 12.6. The largest absolute Gasteiger partial charge is 0.870 e. The van der Waals surface area contributed by atoms with Gasteiger partial charge in [-0.2, -0.15) is 0 Å². The van der Waals surface area contributed by atoms with Gasteiger partial charge in [0.1, 0.15) is 0 Å². The third kappa shape index (κ3) is 3.19. The van der Waals surface area contributed by atoms with Crippen LogP contribution in [-0.2, 0) is 0 Å². The van der Waals surface area contributed by atoms with Gasteiger partial charge in [0.15, 0.2) is 0 Å². The Hall–Kier alpha value is -1.65. The third-order valence-electron chi connectivity index (χ3n) is 2.09. The van der Waals surface area contributed by atoms with E-state index in [1.165, 1.54) is 12.1 Å². The molecule has 0 heterocycles. The van der Waals surface area contributed by atoms with Gasteiger partial charge < -0.3 is 11.0 Å². The van der Waals surface area contributed by atoms with Gasteiger partial charge in [0, 0.05) is 0 Å². The van der Waals surface area contributed by atoms with Gasteiger partial charge in [0.05, 0.1) is 0 Å². The second-order valence-electron chi connectivity index (χ2n) is 3.13. The topological polar surface area (TPSA) is 60.0 Å². The van der Waals surface area contributed by atoms with Gasteiger partial charge in [-0.25, -0.2) is 0 Å². The molecule has 0 aliphatic carbocycles. The molecule has 0 aromatic heterocycles. The van der Waals surface area contributed by atoms with Crippen LogP contribution >= 0.6 is 0 Å². The van der Waals surface area contributed by atoms with Crippen LogP contribution in [0.5, 0.6) is 0 Å². The predicted molar refractivity (Wildman–Crippen MR) is 61.1 cm³/mol. The van der Waals surface area contributed by atoms with E-state index in [9.17, 15) is 4.39 Å². The summed E-state index contributed by atoms with van der Waals surface area (Å²) in [4.78, 5) is 0. The molecule has 0 spiro atoms. The van der Waals surface area contributed by atoms with Gasteiger partial charge in [0.2, 0.25) is 0 Å². The molecule has 80 valence electrons. The molecule has 0 radical (unpaired) electrons. The second kappa shape index (κ2) is 6.05. The van der Waals surface area contributed by atoms with Crippen molar-refractivity contribution in [2.75, 3.05) is 0 Å². The Labute approximate surface area is 94.8 Å². The smallest absolute Gasteiger partial charge is 0.870 e. The molecule has 4 heteroatoms. The Bertz CT molecular complexity index is 382. The van der Waals surface area contributed by atoms with Crippen LogP contribution in [0.3, 0.4) is 0 Å². The Morgan fingerprint density at radius 1 is 0.688 bits per heavy atom. The Morgan fingerprint density at radius 2 is 1.06 bits per heavy atom. The molecule has 0 aliphatic rings. The molecule has 2 nitrogen and oxygen atoms in total. The van der Waals surface area contributed by atoms with E-state index < -0.39 is 0 Å². The van der Waals surface area contributed by atoms with Gasteiger partial charge in [-0.15, -0.1) is 0 Å². The zero-order valence-electron chi connectivity index (χ0n) is 8.47. The molecule has 0 unspecified atom stereocenters. The molecular formula is C12H10BFO2. The van der Waals surface area contributed by atoms with Crippen LogP contribution in [-0.4, -0.2) is 18.8 Å². The second-order valence-corrected chi connectivity index (χ2v) is 3.13. The normalized spacial score (nSPS) is 8.94. The van der Waals surface area contributed by atoms with Crippen LogP contribution in [0.2, 0.25) is 0 Å².